The topological polar surface area (TPSA) is 46.2 Å². The summed E-state index contributed by atoms with van der Waals surface area (Å²) in [5.41, 5.74) is 5.22. The Morgan fingerprint density at radius 3 is 2.91 bits per heavy atom. The Balaban J connectivity index is 2.35. The monoisotopic (exact) mass is 155 g/mol. The van der Waals surface area contributed by atoms with Crippen molar-refractivity contribution in [1.29, 1.82) is 0 Å². The van der Waals surface area contributed by atoms with E-state index in [-0.39, 0.29) is 6.04 Å². The number of hydrogen-bond acceptors (Lipinski definition) is 2. The van der Waals surface area contributed by atoms with Crippen LogP contribution >= 0.6 is 0 Å². The van der Waals surface area contributed by atoms with Crippen LogP contribution in [0.4, 0.5) is 0 Å². The highest BCUT2D eigenvalue weighted by atomic mass is 16.3. The lowest BCUT2D eigenvalue weighted by atomic mass is 9.96. The fourth-order valence-corrected chi connectivity index (χ4v) is 1.74. The van der Waals surface area contributed by atoms with Crippen LogP contribution in [-0.2, 0) is 0 Å². The largest absolute Gasteiger partial charge is 0.390 e. The Morgan fingerprint density at radius 1 is 1.73 bits per heavy atom. The van der Waals surface area contributed by atoms with Crippen LogP contribution in [0, 0.1) is 0 Å². The molecule has 0 saturated heterocycles. The van der Waals surface area contributed by atoms with E-state index in [4.69, 9.17) is 5.73 Å². The number of allylic oxidation sites excluding steroid dienone is 1. The van der Waals surface area contributed by atoms with Crippen molar-refractivity contribution in [2.24, 2.45) is 5.73 Å². The molecule has 2 nitrogen and oxygen atoms in total. The first-order chi connectivity index (χ1) is 5.16. The van der Waals surface area contributed by atoms with E-state index in [1.165, 1.54) is 0 Å². The van der Waals surface area contributed by atoms with Gasteiger partial charge in [0.25, 0.3) is 0 Å². The van der Waals surface area contributed by atoms with Crippen LogP contribution in [0.2, 0.25) is 0 Å². The normalized spacial score (nSPS) is 37.5. The minimum atomic E-state index is -0.479. The van der Waals surface area contributed by atoms with E-state index >= 15 is 0 Å². The van der Waals surface area contributed by atoms with Gasteiger partial charge in [-0.2, -0.15) is 0 Å². The molecule has 0 amide bonds. The maximum atomic E-state index is 9.86. The third kappa shape index (κ3) is 2.31. The number of aliphatic hydroxyl groups is 1. The smallest absolute Gasteiger partial charge is 0.0666 e. The van der Waals surface area contributed by atoms with E-state index in [2.05, 4.69) is 6.58 Å². The average Bonchev–Trinajstić information content (AvgIpc) is 2.28. The van der Waals surface area contributed by atoms with Crippen molar-refractivity contribution in [2.75, 3.05) is 0 Å². The molecule has 0 radical (unpaired) electrons. The van der Waals surface area contributed by atoms with Crippen LogP contribution in [0.3, 0.4) is 0 Å². The molecule has 2 unspecified atom stereocenters. The molecule has 2 atom stereocenters. The van der Waals surface area contributed by atoms with Crippen LogP contribution in [-0.4, -0.2) is 16.7 Å². The van der Waals surface area contributed by atoms with Gasteiger partial charge in [-0.25, -0.2) is 0 Å². The molecular formula is C9H17NO. The minimum absolute atomic E-state index is 0.213. The highest BCUT2D eigenvalue weighted by molar-refractivity contribution is 4.92. The van der Waals surface area contributed by atoms with E-state index < -0.39 is 5.60 Å². The predicted molar refractivity (Wildman–Crippen MR) is 46.2 cm³/mol. The molecule has 0 aromatic carbocycles. The predicted octanol–water partition coefficient (Wildman–Crippen LogP) is 1.19. The molecule has 1 saturated carbocycles. The summed E-state index contributed by atoms with van der Waals surface area (Å²) < 4.78 is 0. The Kier molecular flexibility index (Phi) is 2.68. The Morgan fingerprint density at radius 2 is 2.45 bits per heavy atom. The lowest BCUT2D eigenvalue weighted by Crippen LogP contribution is -2.27. The fraction of sp³-hybridized carbons (Fsp3) is 0.778. The summed E-state index contributed by atoms with van der Waals surface area (Å²) in [5.74, 6) is 0. The van der Waals surface area contributed by atoms with Gasteiger partial charge in [0.2, 0.25) is 0 Å². The third-order valence-corrected chi connectivity index (χ3v) is 2.44. The summed E-state index contributed by atoms with van der Waals surface area (Å²) in [6.07, 6.45) is 6.16. The van der Waals surface area contributed by atoms with Gasteiger partial charge in [-0.1, -0.05) is 6.08 Å². The molecule has 0 bridgehead atoms. The first-order valence-corrected chi connectivity index (χ1v) is 4.25. The summed E-state index contributed by atoms with van der Waals surface area (Å²) in [5, 5.41) is 9.86. The van der Waals surface area contributed by atoms with Crippen molar-refractivity contribution in [3.63, 3.8) is 0 Å². The zero-order chi connectivity index (χ0) is 8.32. The molecule has 1 aliphatic rings. The van der Waals surface area contributed by atoms with Crippen LogP contribution in [0.15, 0.2) is 12.7 Å². The number of hydrogen-bond donors (Lipinski definition) is 2. The first-order valence-electron chi connectivity index (χ1n) is 4.25. The molecule has 0 aliphatic heterocycles. The van der Waals surface area contributed by atoms with Crippen molar-refractivity contribution < 1.29 is 5.11 Å². The zero-order valence-electron chi connectivity index (χ0n) is 6.92. The van der Waals surface area contributed by atoms with Crippen molar-refractivity contribution in [1.82, 2.24) is 0 Å². The minimum Gasteiger partial charge on any atom is -0.390 e. The van der Waals surface area contributed by atoms with E-state index in [0.29, 0.717) is 0 Å². The van der Waals surface area contributed by atoms with Gasteiger partial charge in [-0.3, -0.25) is 0 Å². The van der Waals surface area contributed by atoms with Crippen LogP contribution < -0.4 is 5.73 Å². The number of nitrogens with two attached hydrogens (primary N) is 1. The van der Waals surface area contributed by atoms with Crippen molar-refractivity contribution >= 4 is 0 Å². The summed E-state index contributed by atoms with van der Waals surface area (Å²) >= 11 is 0. The van der Waals surface area contributed by atoms with Gasteiger partial charge in [-0.15, -0.1) is 6.58 Å². The van der Waals surface area contributed by atoms with Crippen molar-refractivity contribution in [2.45, 2.75) is 43.7 Å². The molecule has 0 aromatic rings. The van der Waals surface area contributed by atoms with E-state index in [0.717, 1.165) is 32.1 Å². The molecule has 1 aliphatic carbocycles. The molecule has 1 fully saturated rings. The Bertz CT molecular complexity index is 146. The zero-order valence-corrected chi connectivity index (χ0v) is 6.92. The number of rotatable bonds is 3. The molecule has 11 heavy (non-hydrogen) atoms. The SMILES string of the molecule is C=CCCC1(O)CCC(N)C1. The van der Waals surface area contributed by atoms with Gasteiger partial charge < -0.3 is 10.8 Å². The Hall–Kier alpha value is -0.340. The second kappa shape index (κ2) is 3.37. The van der Waals surface area contributed by atoms with Gasteiger partial charge in [-0.05, 0) is 32.1 Å². The van der Waals surface area contributed by atoms with Gasteiger partial charge in [0.15, 0.2) is 0 Å². The first kappa shape index (κ1) is 8.75. The highest BCUT2D eigenvalue weighted by Gasteiger charge is 2.34. The molecular weight excluding hydrogens is 138 g/mol. The Labute approximate surface area is 68.1 Å². The maximum Gasteiger partial charge on any atom is 0.0666 e. The lowest BCUT2D eigenvalue weighted by Gasteiger charge is -2.21. The summed E-state index contributed by atoms with van der Waals surface area (Å²) in [4.78, 5) is 0. The molecule has 0 aromatic heterocycles. The van der Waals surface area contributed by atoms with Gasteiger partial charge in [0, 0.05) is 6.04 Å². The third-order valence-electron chi connectivity index (χ3n) is 2.44. The summed E-state index contributed by atoms with van der Waals surface area (Å²) in [6.45, 7) is 3.63. The van der Waals surface area contributed by atoms with E-state index in [9.17, 15) is 5.11 Å². The second-order valence-corrected chi connectivity index (χ2v) is 3.55. The summed E-state index contributed by atoms with van der Waals surface area (Å²) in [6, 6.07) is 0.213. The molecule has 3 N–H and O–H groups in total. The quantitative estimate of drug-likeness (QED) is 0.601. The molecule has 1 rings (SSSR count). The van der Waals surface area contributed by atoms with Gasteiger partial charge in [0.05, 0.1) is 5.60 Å². The molecule has 2 heteroatoms. The standard InChI is InChI=1S/C9H17NO/c1-2-3-5-9(11)6-4-8(10)7-9/h2,8,11H,1,3-7,10H2. The van der Waals surface area contributed by atoms with Crippen LogP contribution in [0.25, 0.3) is 0 Å². The highest BCUT2D eigenvalue weighted by Crippen LogP contribution is 2.32. The molecule has 0 spiro atoms. The summed E-state index contributed by atoms with van der Waals surface area (Å²) in [7, 11) is 0. The van der Waals surface area contributed by atoms with E-state index in [1.54, 1.807) is 0 Å². The van der Waals surface area contributed by atoms with Gasteiger partial charge in [0.1, 0.15) is 0 Å². The van der Waals surface area contributed by atoms with Gasteiger partial charge >= 0.3 is 0 Å². The van der Waals surface area contributed by atoms with Crippen molar-refractivity contribution in [3.05, 3.63) is 12.7 Å². The molecule has 64 valence electrons. The molecule has 0 heterocycles. The lowest BCUT2D eigenvalue weighted by molar-refractivity contribution is 0.0386. The van der Waals surface area contributed by atoms with Crippen LogP contribution in [0.5, 0.6) is 0 Å². The fourth-order valence-electron chi connectivity index (χ4n) is 1.74. The maximum absolute atomic E-state index is 9.86. The van der Waals surface area contributed by atoms with Crippen LogP contribution in [0.1, 0.15) is 32.1 Å². The second-order valence-electron chi connectivity index (χ2n) is 3.55. The average molecular weight is 155 g/mol. The van der Waals surface area contributed by atoms with Crippen molar-refractivity contribution in [3.8, 4) is 0 Å². The van der Waals surface area contributed by atoms with E-state index in [1.807, 2.05) is 6.08 Å².